The van der Waals surface area contributed by atoms with Gasteiger partial charge in [0.2, 0.25) is 0 Å². The molecule has 0 aromatic heterocycles. The molecule has 1 aromatic rings. The van der Waals surface area contributed by atoms with E-state index in [2.05, 4.69) is 0 Å². The Bertz CT molecular complexity index is 491. The zero-order valence-electron chi connectivity index (χ0n) is 11.2. The predicted molar refractivity (Wildman–Crippen MR) is 68.2 cm³/mol. The molecule has 2 rings (SSSR count). The number of hydrogen-bond donors (Lipinski definition) is 1. The summed E-state index contributed by atoms with van der Waals surface area (Å²) in [7, 11) is 1.55. The molecule has 6 heteroatoms. The van der Waals surface area contributed by atoms with Gasteiger partial charge in [-0.2, -0.15) is 0 Å². The fraction of sp³-hybridized carbons (Fsp3) is 0.500. The van der Waals surface area contributed by atoms with Crippen LogP contribution in [0.5, 0.6) is 5.75 Å². The summed E-state index contributed by atoms with van der Waals surface area (Å²) in [6.07, 6.45) is 1.45. The van der Waals surface area contributed by atoms with E-state index in [1.807, 2.05) is 0 Å². The number of carbonyl (C=O) groups excluding carboxylic acids is 1. The van der Waals surface area contributed by atoms with Gasteiger partial charge in [-0.15, -0.1) is 0 Å². The van der Waals surface area contributed by atoms with Crippen LogP contribution in [0.1, 0.15) is 12.8 Å². The first-order valence-corrected chi connectivity index (χ1v) is 6.47. The number of amides is 1. The second kappa shape index (κ2) is 6.17. The molecule has 20 heavy (non-hydrogen) atoms. The highest BCUT2D eigenvalue weighted by atomic mass is 19.1. The SMILES string of the molecule is CN(CC(O)C1CC1)C(=O)COc1ccc(F)cc1F. The Morgan fingerprint density at radius 2 is 2.20 bits per heavy atom. The number of aliphatic hydroxyl groups is 1. The number of nitrogens with zero attached hydrogens (tertiary/aromatic N) is 1. The highest BCUT2D eigenvalue weighted by Gasteiger charge is 2.31. The number of aliphatic hydroxyl groups excluding tert-OH is 1. The molecule has 0 aliphatic heterocycles. The van der Waals surface area contributed by atoms with Crippen molar-refractivity contribution in [2.75, 3.05) is 20.2 Å². The molecular formula is C14H17F2NO3. The van der Waals surface area contributed by atoms with Gasteiger partial charge in [0, 0.05) is 19.7 Å². The fourth-order valence-corrected chi connectivity index (χ4v) is 1.85. The summed E-state index contributed by atoms with van der Waals surface area (Å²) in [5.74, 6) is -1.81. The molecule has 4 nitrogen and oxygen atoms in total. The third-order valence-electron chi connectivity index (χ3n) is 3.30. The highest BCUT2D eigenvalue weighted by molar-refractivity contribution is 5.77. The third-order valence-corrected chi connectivity index (χ3v) is 3.30. The van der Waals surface area contributed by atoms with Crippen LogP contribution in [-0.4, -0.2) is 42.2 Å². The molecule has 1 N–H and O–H groups in total. The van der Waals surface area contributed by atoms with Crippen molar-refractivity contribution in [1.82, 2.24) is 4.90 Å². The third kappa shape index (κ3) is 3.90. The van der Waals surface area contributed by atoms with Crippen LogP contribution < -0.4 is 4.74 Å². The summed E-state index contributed by atoms with van der Waals surface area (Å²) in [5.41, 5.74) is 0. The van der Waals surface area contributed by atoms with Crippen molar-refractivity contribution in [3.63, 3.8) is 0 Å². The van der Waals surface area contributed by atoms with Crippen molar-refractivity contribution in [3.05, 3.63) is 29.8 Å². The number of carbonyl (C=O) groups is 1. The van der Waals surface area contributed by atoms with E-state index in [4.69, 9.17) is 4.74 Å². The van der Waals surface area contributed by atoms with E-state index in [1.54, 1.807) is 7.05 Å². The number of rotatable bonds is 6. The highest BCUT2D eigenvalue weighted by Crippen LogP contribution is 2.32. The Morgan fingerprint density at radius 3 is 2.80 bits per heavy atom. The van der Waals surface area contributed by atoms with E-state index in [-0.39, 0.29) is 30.7 Å². The molecule has 1 fully saturated rings. The Balaban J connectivity index is 1.81. The largest absolute Gasteiger partial charge is 0.481 e. The van der Waals surface area contributed by atoms with Crippen LogP contribution in [0, 0.1) is 17.6 Å². The number of hydrogen-bond acceptors (Lipinski definition) is 3. The molecule has 110 valence electrons. The fourth-order valence-electron chi connectivity index (χ4n) is 1.85. The van der Waals surface area contributed by atoms with Gasteiger partial charge in [0.05, 0.1) is 6.10 Å². The van der Waals surface area contributed by atoms with E-state index < -0.39 is 17.7 Å². The minimum absolute atomic E-state index is 0.170. The zero-order valence-corrected chi connectivity index (χ0v) is 11.2. The standard InChI is InChI=1S/C14H17F2NO3/c1-17(7-12(18)9-2-3-9)14(19)8-20-13-5-4-10(15)6-11(13)16/h4-6,9,12,18H,2-3,7-8H2,1H3. The maximum Gasteiger partial charge on any atom is 0.260 e. The number of halogens is 2. The summed E-state index contributed by atoms with van der Waals surface area (Å²) in [4.78, 5) is 13.1. The molecule has 1 amide bonds. The monoisotopic (exact) mass is 285 g/mol. The molecule has 1 aromatic carbocycles. The van der Waals surface area contributed by atoms with Gasteiger partial charge in [-0.05, 0) is 30.9 Å². The Morgan fingerprint density at radius 1 is 1.50 bits per heavy atom. The normalized spacial score (nSPS) is 15.8. The molecule has 0 bridgehead atoms. The summed E-state index contributed by atoms with van der Waals surface area (Å²) in [5, 5.41) is 9.73. The van der Waals surface area contributed by atoms with Gasteiger partial charge in [-0.3, -0.25) is 4.79 Å². The van der Waals surface area contributed by atoms with Crippen molar-refractivity contribution in [3.8, 4) is 5.75 Å². The maximum atomic E-state index is 13.3. The van der Waals surface area contributed by atoms with Crippen molar-refractivity contribution < 1.29 is 23.4 Å². The second-order valence-electron chi connectivity index (χ2n) is 5.04. The molecule has 0 spiro atoms. The predicted octanol–water partition coefficient (Wildman–Crippen LogP) is 1.57. The Labute approximate surface area is 116 Å². The number of benzene rings is 1. The van der Waals surface area contributed by atoms with Crippen LogP contribution in [0.25, 0.3) is 0 Å². The molecule has 1 aliphatic rings. The topological polar surface area (TPSA) is 49.8 Å². The lowest BCUT2D eigenvalue weighted by Gasteiger charge is -2.20. The van der Waals surface area contributed by atoms with Crippen molar-refractivity contribution in [2.45, 2.75) is 18.9 Å². The Kier molecular flexibility index (Phi) is 4.54. The van der Waals surface area contributed by atoms with E-state index in [0.29, 0.717) is 6.07 Å². The average Bonchev–Trinajstić information content (AvgIpc) is 3.21. The molecular weight excluding hydrogens is 268 g/mol. The van der Waals surface area contributed by atoms with Crippen LogP contribution in [0.15, 0.2) is 18.2 Å². The van der Waals surface area contributed by atoms with Gasteiger partial charge in [-0.25, -0.2) is 8.78 Å². The van der Waals surface area contributed by atoms with Crippen LogP contribution in [0.4, 0.5) is 8.78 Å². The van der Waals surface area contributed by atoms with Gasteiger partial charge < -0.3 is 14.7 Å². The lowest BCUT2D eigenvalue weighted by molar-refractivity contribution is -0.133. The van der Waals surface area contributed by atoms with E-state index >= 15 is 0 Å². The van der Waals surface area contributed by atoms with Gasteiger partial charge >= 0.3 is 0 Å². The zero-order chi connectivity index (χ0) is 14.7. The summed E-state index contributed by atoms with van der Waals surface area (Å²) < 4.78 is 31.0. The van der Waals surface area contributed by atoms with Gasteiger partial charge in [0.15, 0.2) is 18.2 Å². The van der Waals surface area contributed by atoms with Gasteiger partial charge in [0.1, 0.15) is 5.82 Å². The number of ether oxygens (including phenoxy) is 1. The molecule has 1 aliphatic carbocycles. The second-order valence-corrected chi connectivity index (χ2v) is 5.04. The lowest BCUT2D eigenvalue weighted by Crippen LogP contribution is -2.38. The van der Waals surface area contributed by atoms with Crippen molar-refractivity contribution in [1.29, 1.82) is 0 Å². The van der Waals surface area contributed by atoms with E-state index in [0.717, 1.165) is 25.0 Å². The van der Waals surface area contributed by atoms with Crippen molar-refractivity contribution in [2.24, 2.45) is 5.92 Å². The minimum Gasteiger partial charge on any atom is -0.481 e. The summed E-state index contributed by atoms with van der Waals surface area (Å²) >= 11 is 0. The van der Waals surface area contributed by atoms with Crippen molar-refractivity contribution >= 4 is 5.91 Å². The van der Waals surface area contributed by atoms with E-state index in [9.17, 15) is 18.7 Å². The molecule has 1 unspecified atom stereocenters. The minimum atomic E-state index is -0.849. The first-order valence-electron chi connectivity index (χ1n) is 6.47. The van der Waals surface area contributed by atoms with Gasteiger partial charge in [0.25, 0.3) is 5.91 Å². The number of likely N-dealkylation sites (N-methyl/N-ethyl adjacent to an activating group) is 1. The first-order chi connectivity index (χ1) is 9.47. The molecule has 1 atom stereocenters. The van der Waals surface area contributed by atoms with Crippen LogP contribution >= 0.6 is 0 Å². The van der Waals surface area contributed by atoms with Crippen LogP contribution in [-0.2, 0) is 4.79 Å². The smallest absolute Gasteiger partial charge is 0.260 e. The van der Waals surface area contributed by atoms with Crippen LogP contribution in [0.3, 0.4) is 0 Å². The lowest BCUT2D eigenvalue weighted by atomic mass is 10.2. The van der Waals surface area contributed by atoms with E-state index in [1.165, 1.54) is 4.90 Å². The Hall–Kier alpha value is -1.69. The summed E-state index contributed by atoms with van der Waals surface area (Å²) in [6, 6.07) is 2.89. The molecule has 0 radical (unpaired) electrons. The first kappa shape index (κ1) is 14.7. The molecule has 0 saturated heterocycles. The quantitative estimate of drug-likeness (QED) is 0.863. The molecule has 0 heterocycles. The van der Waals surface area contributed by atoms with Crippen LogP contribution in [0.2, 0.25) is 0 Å². The maximum absolute atomic E-state index is 13.3. The average molecular weight is 285 g/mol. The molecule has 1 saturated carbocycles. The summed E-state index contributed by atoms with van der Waals surface area (Å²) in [6.45, 7) is -0.116. The van der Waals surface area contributed by atoms with Gasteiger partial charge in [-0.1, -0.05) is 0 Å².